The summed E-state index contributed by atoms with van der Waals surface area (Å²) in [6, 6.07) is 6.79. The van der Waals surface area contributed by atoms with Crippen LogP contribution in [0.25, 0.3) is 22.2 Å². The van der Waals surface area contributed by atoms with Crippen LogP contribution in [0.3, 0.4) is 0 Å². The molecular formula is C23H21F6N3O2. The molecule has 4 rings (SSSR count). The molecule has 4 N–H and O–H groups in total. The maximum Gasteiger partial charge on any atom is 0.416 e. The zero-order chi connectivity index (χ0) is 24.6. The zero-order valence-electron chi connectivity index (χ0n) is 17.6. The van der Waals surface area contributed by atoms with Crippen molar-refractivity contribution in [2.24, 2.45) is 5.92 Å². The molecule has 1 heterocycles. The van der Waals surface area contributed by atoms with Gasteiger partial charge in [0.05, 0.1) is 17.8 Å². The van der Waals surface area contributed by atoms with Gasteiger partial charge in [-0.3, -0.25) is 0 Å². The number of aromatic amines is 1. The van der Waals surface area contributed by atoms with Crippen LogP contribution in [-0.4, -0.2) is 41.5 Å². The van der Waals surface area contributed by atoms with Gasteiger partial charge in [0.1, 0.15) is 17.5 Å². The molecule has 0 radical (unpaired) electrons. The van der Waals surface area contributed by atoms with Crippen LogP contribution in [0.2, 0.25) is 0 Å². The van der Waals surface area contributed by atoms with Crippen molar-refractivity contribution >= 4 is 16.9 Å². The predicted octanol–water partition coefficient (Wildman–Crippen LogP) is 4.97. The minimum atomic E-state index is -4.82. The van der Waals surface area contributed by atoms with Gasteiger partial charge in [0.25, 0.3) is 0 Å². The van der Waals surface area contributed by atoms with Crippen LogP contribution in [0.15, 0.2) is 36.4 Å². The summed E-state index contributed by atoms with van der Waals surface area (Å²) in [5, 5.41) is 13.7. The van der Waals surface area contributed by atoms with Crippen molar-refractivity contribution in [1.29, 1.82) is 0 Å². The first-order chi connectivity index (χ1) is 16.0. The number of hydrogen-bond donors (Lipinski definition) is 4. The fourth-order valence-electron chi connectivity index (χ4n) is 4.25. The first-order valence-electron chi connectivity index (χ1n) is 10.6. The third kappa shape index (κ3) is 4.98. The van der Waals surface area contributed by atoms with Gasteiger partial charge in [0.2, 0.25) is 0 Å². The van der Waals surface area contributed by atoms with Gasteiger partial charge in [-0.25, -0.2) is 18.0 Å². The Morgan fingerprint density at radius 2 is 1.74 bits per heavy atom. The Morgan fingerprint density at radius 3 is 2.38 bits per heavy atom. The van der Waals surface area contributed by atoms with Crippen molar-refractivity contribution in [3.8, 4) is 11.3 Å². The average molecular weight is 485 g/mol. The lowest BCUT2D eigenvalue weighted by Crippen LogP contribution is -2.46. The van der Waals surface area contributed by atoms with Crippen molar-refractivity contribution in [3.05, 3.63) is 59.4 Å². The van der Waals surface area contributed by atoms with Gasteiger partial charge in [0, 0.05) is 18.0 Å². The van der Waals surface area contributed by atoms with Crippen LogP contribution >= 0.6 is 0 Å². The van der Waals surface area contributed by atoms with Gasteiger partial charge >= 0.3 is 12.2 Å². The van der Waals surface area contributed by atoms with E-state index in [0.717, 1.165) is 6.07 Å². The quantitative estimate of drug-likeness (QED) is 0.372. The molecule has 0 bridgehead atoms. The van der Waals surface area contributed by atoms with Crippen molar-refractivity contribution in [3.63, 3.8) is 0 Å². The van der Waals surface area contributed by atoms with Crippen molar-refractivity contribution in [1.82, 2.24) is 15.6 Å². The second-order valence-electron chi connectivity index (χ2n) is 8.41. The Bertz CT molecular complexity index is 1190. The van der Waals surface area contributed by atoms with Gasteiger partial charge in [0.15, 0.2) is 6.10 Å². The third-order valence-corrected chi connectivity index (χ3v) is 6.03. The highest BCUT2D eigenvalue weighted by Crippen LogP contribution is 2.48. The Labute approximate surface area is 190 Å². The predicted molar refractivity (Wildman–Crippen MR) is 113 cm³/mol. The van der Waals surface area contributed by atoms with Crippen LogP contribution in [0, 0.1) is 23.4 Å². The van der Waals surface area contributed by atoms with Gasteiger partial charge in [-0.15, -0.1) is 0 Å². The fourth-order valence-corrected chi connectivity index (χ4v) is 4.25. The molecule has 11 heteroatoms. The molecule has 1 atom stereocenters. The third-order valence-electron chi connectivity index (χ3n) is 6.03. The van der Waals surface area contributed by atoms with Gasteiger partial charge in [-0.05, 0) is 66.1 Å². The fraction of sp³-hybridized carbons (Fsp3) is 0.348. The summed E-state index contributed by atoms with van der Waals surface area (Å²) >= 11 is 0. The molecule has 2 amide bonds. The van der Waals surface area contributed by atoms with E-state index < -0.39 is 42.3 Å². The number of halogens is 6. The second kappa shape index (κ2) is 9.21. The molecule has 0 aliphatic heterocycles. The molecule has 3 aromatic rings. The minimum absolute atomic E-state index is 0.00675. The maximum absolute atomic E-state index is 14.4. The molecule has 1 saturated carbocycles. The standard InChI is InChI=1S/C23H21F6N3O2/c24-14-3-1-12(2-4-14)20-19(16-7-15(25)8-17(26)21(16)32-20)13-5-11(6-13)9-30-22(34)31-10-18(33)23(27,28)29/h1-4,7-8,11,13,18,32-33H,5-6,9-10H2,(H2,30,31,34)/t11-,13-,18-/m0/s1. The summed E-state index contributed by atoms with van der Waals surface area (Å²) in [7, 11) is 0. The van der Waals surface area contributed by atoms with E-state index in [1.165, 1.54) is 30.3 Å². The lowest BCUT2D eigenvalue weighted by atomic mass is 9.70. The number of aliphatic hydroxyl groups is 1. The van der Waals surface area contributed by atoms with E-state index in [9.17, 15) is 31.1 Å². The Kier molecular flexibility index (Phi) is 6.48. The first-order valence-corrected chi connectivity index (χ1v) is 10.6. The maximum atomic E-state index is 14.4. The number of aliphatic hydroxyl groups excluding tert-OH is 1. The highest BCUT2D eigenvalue weighted by molar-refractivity contribution is 5.92. The smallest absolute Gasteiger partial charge is 0.382 e. The first kappa shape index (κ1) is 23.9. The number of rotatable bonds is 6. The molecular weight excluding hydrogens is 464 g/mol. The van der Waals surface area contributed by atoms with Crippen molar-refractivity contribution in [2.45, 2.75) is 31.0 Å². The van der Waals surface area contributed by atoms with Crippen LogP contribution in [0.4, 0.5) is 31.1 Å². The molecule has 2 aromatic carbocycles. The summed E-state index contributed by atoms with van der Waals surface area (Å²) in [6.07, 6.45) is -6.36. The number of aromatic nitrogens is 1. The second-order valence-corrected chi connectivity index (χ2v) is 8.41. The Morgan fingerprint density at radius 1 is 1.06 bits per heavy atom. The lowest BCUT2D eigenvalue weighted by molar-refractivity contribution is -0.201. The molecule has 182 valence electrons. The largest absolute Gasteiger partial charge is 0.416 e. The van der Waals surface area contributed by atoms with E-state index in [4.69, 9.17) is 5.11 Å². The molecule has 0 spiro atoms. The summed E-state index contributed by atoms with van der Waals surface area (Å²) in [6.45, 7) is -0.780. The molecule has 1 aliphatic rings. The van der Waals surface area contributed by atoms with E-state index in [1.54, 1.807) is 0 Å². The number of fused-ring (bicyclic) bond motifs is 1. The summed E-state index contributed by atoms with van der Waals surface area (Å²) < 4.78 is 78.7. The topological polar surface area (TPSA) is 77.2 Å². The molecule has 1 aliphatic carbocycles. The number of benzene rings is 2. The number of alkyl halides is 3. The van der Waals surface area contributed by atoms with E-state index in [-0.39, 0.29) is 23.9 Å². The summed E-state index contributed by atoms with van der Waals surface area (Å²) in [4.78, 5) is 14.7. The van der Waals surface area contributed by atoms with Crippen molar-refractivity contribution in [2.75, 3.05) is 13.1 Å². The van der Waals surface area contributed by atoms with Crippen LogP contribution in [-0.2, 0) is 0 Å². The Balaban J connectivity index is 1.45. The number of H-pyrrole nitrogens is 1. The van der Waals surface area contributed by atoms with Gasteiger partial charge in [-0.2, -0.15) is 13.2 Å². The minimum Gasteiger partial charge on any atom is -0.382 e. The molecule has 0 saturated heterocycles. The summed E-state index contributed by atoms with van der Waals surface area (Å²) in [5.74, 6) is -2.02. The number of amides is 2. The number of hydrogen-bond acceptors (Lipinski definition) is 2. The van der Waals surface area contributed by atoms with Gasteiger partial charge in [-0.1, -0.05) is 0 Å². The van der Waals surface area contributed by atoms with Crippen LogP contribution in [0.1, 0.15) is 24.3 Å². The number of urea groups is 1. The monoisotopic (exact) mass is 485 g/mol. The molecule has 1 fully saturated rings. The van der Waals surface area contributed by atoms with E-state index in [0.29, 0.717) is 35.0 Å². The molecule has 1 aromatic heterocycles. The normalized spacial score (nSPS) is 19.0. The Hall–Kier alpha value is -3.21. The molecule has 5 nitrogen and oxygen atoms in total. The number of carbonyl (C=O) groups excluding carboxylic acids is 1. The van der Waals surface area contributed by atoms with Gasteiger partial charge < -0.3 is 20.7 Å². The SMILES string of the molecule is O=C(NC[C@H](O)C(F)(F)F)NC[C@H]1C[C@H](c2c(-c3ccc(F)cc3)[nH]c3c(F)cc(F)cc32)C1. The van der Waals surface area contributed by atoms with Crippen molar-refractivity contribution < 1.29 is 36.2 Å². The lowest BCUT2D eigenvalue weighted by Gasteiger charge is -2.36. The molecule has 34 heavy (non-hydrogen) atoms. The highest BCUT2D eigenvalue weighted by atomic mass is 19.4. The zero-order valence-corrected chi connectivity index (χ0v) is 17.6. The number of carbonyl (C=O) groups is 1. The van der Waals surface area contributed by atoms with E-state index >= 15 is 0 Å². The van der Waals surface area contributed by atoms with E-state index in [1.807, 2.05) is 5.32 Å². The molecule has 0 unspecified atom stereocenters. The average Bonchev–Trinajstić information content (AvgIpc) is 3.10. The number of nitrogens with one attached hydrogen (secondary N) is 3. The summed E-state index contributed by atoms with van der Waals surface area (Å²) in [5.41, 5.74) is 1.99. The van der Waals surface area contributed by atoms with E-state index in [2.05, 4.69) is 10.3 Å². The highest BCUT2D eigenvalue weighted by Gasteiger charge is 2.38. The van der Waals surface area contributed by atoms with Crippen LogP contribution < -0.4 is 10.6 Å². The van der Waals surface area contributed by atoms with Crippen LogP contribution in [0.5, 0.6) is 0 Å².